The molecular formula is C11H11N3O3. The van der Waals surface area contributed by atoms with Crippen LogP contribution in [-0.2, 0) is 4.79 Å². The van der Waals surface area contributed by atoms with E-state index in [2.05, 4.69) is 0 Å². The molecule has 1 amide bonds. The number of nitrogens with zero attached hydrogens (tertiary/aromatic N) is 2. The number of nitro benzene ring substituents is 1. The molecule has 0 aliphatic rings. The number of aromatic nitrogens is 1. The predicted molar refractivity (Wildman–Crippen MR) is 62.5 cm³/mol. The molecule has 1 aromatic carbocycles. The molecule has 1 unspecified atom stereocenters. The van der Waals surface area contributed by atoms with Crippen molar-refractivity contribution in [2.75, 3.05) is 0 Å². The van der Waals surface area contributed by atoms with Crippen molar-refractivity contribution in [1.29, 1.82) is 0 Å². The van der Waals surface area contributed by atoms with Crippen LogP contribution >= 0.6 is 0 Å². The Bertz CT molecular complexity index is 603. The van der Waals surface area contributed by atoms with E-state index < -0.39 is 16.9 Å². The minimum atomic E-state index is -0.533. The number of rotatable bonds is 3. The molecule has 0 radical (unpaired) electrons. The number of primary amides is 1. The first-order valence-corrected chi connectivity index (χ1v) is 5.05. The zero-order chi connectivity index (χ0) is 12.6. The Morgan fingerprint density at radius 3 is 2.76 bits per heavy atom. The second-order valence-electron chi connectivity index (χ2n) is 3.80. The topological polar surface area (TPSA) is 91.2 Å². The predicted octanol–water partition coefficient (Wildman–Crippen LogP) is 1.60. The number of carbonyl (C=O) groups excluding carboxylic acids is 1. The fourth-order valence-corrected chi connectivity index (χ4v) is 1.73. The Labute approximate surface area is 96.8 Å². The molecule has 0 bridgehead atoms. The van der Waals surface area contributed by atoms with Gasteiger partial charge in [-0.25, -0.2) is 0 Å². The fourth-order valence-electron chi connectivity index (χ4n) is 1.73. The number of benzene rings is 1. The molecule has 1 heterocycles. The normalized spacial score (nSPS) is 12.5. The summed E-state index contributed by atoms with van der Waals surface area (Å²) in [6.45, 7) is 1.65. The molecule has 0 aliphatic heterocycles. The summed E-state index contributed by atoms with van der Waals surface area (Å²) < 4.78 is 1.63. The van der Waals surface area contributed by atoms with Crippen LogP contribution in [0.3, 0.4) is 0 Å². The molecular weight excluding hydrogens is 222 g/mol. The van der Waals surface area contributed by atoms with Crippen LogP contribution in [0.4, 0.5) is 5.69 Å². The molecule has 0 aliphatic carbocycles. The van der Waals surface area contributed by atoms with Crippen LogP contribution in [0.1, 0.15) is 13.0 Å². The summed E-state index contributed by atoms with van der Waals surface area (Å²) in [5.41, 5.74) is 5.85. The van der Waals surface area contributed by atoms with E-state index >= 15 is 0 Å². The second-order valence-corrected chi connectivity index (χ2v) is 3.80. The molecule has 6 heteroatoms. The van der Waals surface area contributed by atoms with Gasteiger partial charge in [0, 0.05) is 23.7 Å². The largest absolute Gasteiger partial charge is 0.368 e. The highest BCUT2D eigenvalue weighted by Crippen LogP contribution is 2.24. The van der Waals surface area contributed by atoms with Gasteiger partial charge in [-0.05, 0) is 19.1 Å². The Kier molecular flexibility index (Phi) is 2.55. The van der Waals surface area contributed by atoms with Crippen LogP contribution in [0, 0.1) is 10.1 Å². The Morgan fingerprint density at radius 1 is 1.47 bits per heavy atom. The van der Waals surface area contributed by atoms with Crippen LogP contribution in [0.2, 0.25) is 0 Å². The maximum Gasteiger partial charge on any atom is 0.271 e. The van der Waals surface area contributed by atoms with Crippen LogP contribution in [0.25, 0.3) is 10.9 Å². The van der Waals surface area contributed by atoms with Gasteiger partial charge in [0.15, 0.2) is 0 Å². The van der Waals surface area contributed by atoms with Crippen LogP contribution in [0.15, 0.2) is 30.5 Å². The lowest BCUT2D eigenvalue weighted by molar-refractivity contribution is -0.384. The van der Waals surface area contributed by atoms with E-state index in [0.29, 0.717) is 5.52 Å². The summed E-state index contributed by atoms with van der Waals surface area (Å²) in [5.74, 6) is -0.478. The van der Waals surface area contributed by atoms with E-state index in [9.17, 15) is 14.9 Å². The molecule has 2 rings (SSSR count). The summed E-state index contributed by atoms with van der Waals surface area (Å²) >= 11 is 0. The molecule has 2 aromatic rings. The van der Waals surface area contributed by atoms with Gasteiger partial charge in [-0.2, -0.15) is 0 Å². The van der Waals surface area contributed by atoms with Crippen molar-refractivity contribution in [2.45, 2.75) is 13.0 Å². The number of fused-ring (bicyclic) bond motifs is 1. The van der Waals surface area contributed by atoms with Crippen LogP contribution in [-0.4, -0.2) is 15.4 Å². The Balaban J connectivity index is 2.61. The highest BCUT2D eigenvalue weighted by Gasteiger charge is 2.15. The third-order valence-corrected chi connectivity index (χ3v) is 2.75. The number of carbonyl (C=O) groups is 1. The van der Waals surface area contributed by atoms with Gasteiger partial charge in [-0.15, -0.1) is 0 Å². The van der Waals surface area contributed by atoms with Crippen molar-refractivity contribution in [1.82, 2.24) is 4.57 Å². The van der Waals surface area contributed by atoms with Crippen LogP contribution < -0.4 is 5.73 Å². The Hall–Kier alpha value is -2.37. The van der Waals surface area contributed by atoms with E-state index in [1.165, 1.54) is 12.1 Å². The first kappa shape index (κ1) is 11.1. The number of amides is 1. The van der Waals surface area contributed by atoms with Gasteiger partial charge in [0.2, 0.25) is 5.91 Å². The lowest BCUT2D eigenvalue weighted by Crippen LogP contribution is -2.23. The molecule has 0 spiro atoms. The minimum absolute atomic E-state index is 0.00544. The average Bonchev–Trinajstić information content (AvgIpc) is 2.70. The number of nitrogens with two attached hydrogens (primary N) is 1. The summed E-state index contributed by atoms with van der Waals surface area (Å²) in [6.07, 6.45) is 1.70. The number of hydrogen-bond donors (Lipinski definition) is 1. The van der Waals surface area contributed by atoms with E-state index in [1.807, 2.05) is 0 Å². The van der Waals surface area contributed by atoms with Gasteiger partial charge in [0.25, 0.3) is 5.69 Å². The first-order valence-electron chi connectivity index (χ1n) is 5.05. The molecule has 0 fully saturated rings. The van der Waals surface area contributed by atoms with E-state index in [0.717, 1.165) is 5.39 Å². The average molecular weight is 233 g/mol. The van der Waals surface area contributed by atoms with E-state index in [1.54, 1.807) is 29.8 Å². The smallest absolute Gasteiger partial charge is 0.271 e. The summed E-state index contributed by atoms with van der Waals surface area (Å²) in [6, 6.07) is 5.78. The highest BCUT2D eigenvalue weighted by atomic mass is 16.6. The van der Waals surface area contributed by atoms with Crippen molar-refractivity contribution in [3.05, 3.63) is 40.6 Å². The summed E-state index contributed by atoms with van der Waals surface area (Å²) in [7, 11) is 0. The van der Waals surface area contributed by atoms with Crippen molar-refractivity contribution in [3.8, 4) is 0 Å². The minimum Gasteiger partial charge on any atom is -0.368 e. The maximum absolute atomic E-state index is 11.1. The van der Waals surface area contributed by atoms with Gasteiger partial charge in [0.05, 0.1) is 10.4 Å². The molecule has 6 nitrogen and oxygen atoms in total. The van der Waals surface area contributed by atoms with Crippen molar-refractivity contribution >= 4 is 22.5 Å². The zero-order valence-corrected chi connectivity index (χ0v) is 9.16. The number of hydrogen-bond acceptors (Lipinski definition) is 3. The summed E-state index contributed by atoms with van der Waals surface area (Å²) in [4.78, 5) is 21.3. The molecule has 1 aromatic heterocycles. The monoisotopic (exact) mass is 233 g/mol. The summed E-state index contributed by atoms with van der Waals surface area (Å²) in [5, 5.41) is 11.5. The second kappa shape index (κ2) is 3.89. The van der Waals surface area contributed by atoms with Gasteiger partial charge < -0.3 is 10.3 Å². The van der Waals surface area contributed by atoms with E-state index in [-0.39, 0.29) is 5.69 Å². The van der Waals surface area contributed by atoms with Crippen molar-refractivity contribution < 1.29 is 9.72 Å². The molecule has 1 atom stereocenters. The quantitative estimate of drug-likeness (QED) is 0.644. The number of nitro groups is 1. The molecule has 0 saturated heterocycles. The van der Waals surface area contributed by atoms with Gasteiger partial charge in [-0.3, -0.25) is 14.9 Å². The van der Waals surface area contributed by atoms with Gasteiger partial charge >= 0.3 is 0 Å². The lowest BCUT2D eigenvalue weighted by Gasteiger charge is -2.10. The Morgan fingerprint density at radius 2 is 2.18 bits per heavy atom. The third kappa shape index (κ3) is 1.84. The highest BCUT2D eigenvalue weighted by molar-refractivity contribution is 5.86. The van der Waals surface area contributed by atoms with Crippen molar-refractivity contribution in [2.24, 2.45) is 5.73 Å². The molecule has 2 N–H and O–H groups in total. The van der Waals surface area contributed by atoms with Gasteiger partial charge in [0.1, 0.15) is 6.04 Å². The standard InChI is InChI=1S/C11H11N3O3/c1-7(11(12)15)13-5-4-8-2-3-9(14(16)17)6-10(8)13/h2-7H,1H3,(H2,12,15). The maximum atomic E-state index is 11.1. The van der Waals surface area contributed by atoms with E-state index in [4.69, 9.17) is 5.73 Å². The van der Waals surface area contributed by atoms with Gasteiger partial charge in [-0.1, -0.05) is 0 Å². The van der Waals surface area contributed by atoms with Crippen LogP contribution in [0.5, 0.6) is 0 Å². The SMILES string of the molecule is CC(C(N)=O)n1ccc2ccc([N+](=O)[O-])cc21. The fraction of sp³-hybridized carbons (Fsp3) is 0.182. The first-order chi connectivity index (χ1) is 8.00. The molecule has 88 valence electrons. The number of non-ortho nitro benzene ring substituents is 1. The molecule has 17 heavy (non-hydrogen) atoms. The third-order valence-electron chi connectivity index (χ3n) is 2.75. The zero-order valence-electron chi connectivity index (χ0n) is 9.16. The molecule has 0 saturated carbocycles. The van der Waals surface area contributed by atoms with Crippen molar-refractivity contribution in [3.63, 3.8) is 0 Å². The lowest BCUT2D eigenvalue weighted by atomic mass is 10.2.